The van der Waals surface area contributed by atoms with Crippen LogP contribution in [0.4, 0.5) is 0 Å². The molecule has 4 heteroatoms. The van der Waals surface area contributed by atoms with E-state index in [1.807, 2.05) is 12.1 Å². The highest BCUT2D eigenvalue weighted by Crippen LogP contribution is 2.64. The number of fused-ring (bicyclic) bond motifs is 4. The molecule has 0 radical (unpaired) electrons. The first kappa shape index (κ1) is 27.6. The van der Waals surface area contributed by atoms with Gasteiger partial charge in [0, 0.05) is 29.6 Å². The van der Waals surface area contributed by atoms with Crippen LogP contribution in [0.1, 0.15) is 96.6 Å². The molecular formula is C37H47NO3. The van der Waals surface area contributed by atoms with Gasteiger partial charge in [0.15, 0.2) is 5.79 Å². The number of allylic oxidation sites excluding steroid dienone is 6. The van der Waals surface area contributed by atoms with Crippen LogP contribution in [0.2, 0.25) is 0 Å². The molecule has 5 aliphatic carbocycles. The second kappa shape index (κ2) is 9.66. The summed E-state index contributed by atoms with van der Waals surface area (Å²) in [5, 5.41) is 20.5. The molecule has 1 saturated heterocycles. The Kier molecular flexibility index (Phi) is 6.51. The molecule has 218 valence electrons. The standard InChI is InChI=1S/C37H47NO3/c1-34(2)22-40-37(41-23-34)18-15-28-26(19-37)7-10-29-31-11-12-32(39)36(31,4)20-30(33(28)29)25-13-16-35(3,17-14-25)27-8-5-24(21-38)6-9-27/h5-6,8-9,13-14,16,26,29-32,39H,7,10-12,15,17-20,22-23H2,1-4H3. The Morgan fingerprint density at radius 1 is 0.951 bits per heavy atom. The van der Waals surface area contributed by atoms with Crippen molar-refractivity contribution in [2.24, 2.45) is 34.5 Å². The number of hydrogen-bond acceptors (Lipinski definition) is 4. The fourth-order valence-corrected chi connectivity index (χ4v) is 9.64. The molecule has 1 aromatic rings. The first-order valence-electron chi connectivity index (χ1n) is 16.1. The van der Waals surface area contributed by atoms with Gasteiger partial charge in [-0.15, -0.1) is 0 Å². The van der Waals surface area contributed by atoms with Crippen LogP contribution < -0.4 is 0 Å². The first-order valence-corrected chi connectivity index (χ1v) is 16.1. The Morgan fingerprint density at radius 2 is 1.71 bits per heavy atom. The third-order valence-electron chi connectivity index (χ3n) is 12.2. The average molecular weight is 554 g/mol. The molecule has 1 N–H and O–H groups in total. The number of nitrogens with zero attached hydrogens (tertiary/aromatic N) is 1. The third kappa shape index (κ3) is 4.50. The van der Waals surface area contributed by atoms with Gasteiger partial charge >= 0.3 is 0 Å². The van der Waals surface area contributed by atoms with Crippen LogP contribution in [0.3, 0.4) is 0 Å². The third-order valence-corrected chi connectivity index (χ3v) is 12.2. The van der Waals surface area contributed by atoms with Gasteiger partial charge in [0.25, 0.3) is 0 Å². The van der Waals surface area contributed by atoms with Gasteiger partial charge in [0.2, 0.25) is 0 Å². The van der Waals surface area contributed by atoms with Gasteiger partial charge in [-0.1, -0.05) is 69.2 Å². The summed E-state index contributed by atoms with van der Waals surface area (Å²) in [7, 11) is 0. The fraction of sp³-hybridized carbons (Fsp3) is 0.649. The van der Waals surface area contributed by atoms with Crippen molar-refractivity contribution >= 4 is 0 Å². The lowest BCUT2D eigenvalue weighted by Crippen LogP contribution is -2.52. The van der Waals surface area contributed by atoms with E-state index in [1.54, 1.807) is 11.1 Å². The molecule has 3 saturated carbocycles. The summed E-state index contributed by atoms with van der Waals surface area (Å²) in [6, 6.07) is 10.4. The Morgan fingerprint density at radius 3 is 2.39 bits per heavy atom. The topological polar surface area (TPSA) is 62.5 Å². The average Bonchev–Trinajstić information content (AvgIpc) is 3.28. The normalized spacial score (nSPS) is 40.8. The molecule has 1 heterocycles. The van der Waals surface area contributed by atoms with Crippen molar-refractivity contribution in [3.05, 3.63) is 70.3 Å². The summed E-state index contributed by atoms with van der Waals surface area (Å²) in [6.07, 6.45) is 16.7. The van der Waals surface area contributed by atoms with Crippen molar-refractivity contribution in [1.29, 1.82) is 5.26 Å². The van der Waals surface area contributed by atoms with Gasteiger partial charge in [0.1, 0.15) is 0 Å². The van der Waals surface area contributed by atoms with E-state index in [9.17, 15) is 10.4 Å². The van der Waals surface area contributed by atoms with Crippen molar-refractivity contribution in [1.82, 2.24) is 0 Å². The molecule has 7 unspecified atom stereocenters. The van der Waals surface area contributed by atoms with Crippen molar-refractivity contribution in [2.75, 3.05) is 13.2 Å². The zero-order chi connectivity index (χ0) is 28.6. The summed E-state index contributed by atoms with van der Waals surface area (Å²) in [5.41, 5.74) is 6.89. The van der Waals surface area contributed by atoms with Crippen LogP contribution in [-0.2, 0) is 14.9 Å². The predicted molar refractivity (Wildman–Crippen MR) is 161 cm³/mol. The van der Waals surface area contributed by atoms with Crippen molar-refractivity contribution < 1.29 is 14.6 Å². The molecule has 0 bridgehead atoms. The largest absolute Gasteiger partial charge is 0.393 e. The summed E-state index contributed by atoms with van der Waals surface area (Å²) >= 11 is 0. The molecular weight excluding hydrogens is 506 g/mol. The lowest BCUT2D eigenvalue weighted by Gasteiger charge is -2.55. The highest BCUT2D eigenvalue weighted by molar-refractivity contribution is 5.46. The van der Waals surface area contributed by atoms with Gasteiger partial charge in [-0.05, 0) is 91.4 Å². The van der Waals surface area contributed by atoms with Gasteiger partial charge in [-0.2, -0.15) is 5.26 Å². The minimum absolute atomic E-state index is 0.00809. The van der Waals surface area contributed by atoms with Gasteiger partial charge in [-0.3, -0.25) is 0 Å². The molecule has 7 rings (SSSR count). The van der Waals surface area contributed by atoms with E-state index in [1.165, 1.54) is 24.0 Å². The van der Waals surface area contributed by atoms with E-state index >= 15 is 0 Å². The monoisotopic (exact) mass is 553 g/mol. The summed E-state index contributed by atoms with van der Waals surface area (Å²) in [6.45, 7) is 10.7. The lowest BCUT2D eigenvalue weighted by molar-refractivity contribution is -0.312. The van der Waals surface area contributed by atoms with Crippen LogP contribution in [0, 0.1) is 45.8 Å². The van der Waals surface area contributed by atoms with Crippen molar-refractivity contribution in [3.63, 3.8) is 0 Å². The van der Waals surface area contributed by atoms with E-state index in [-0.39, 0.29) is 22.3 Å². The minimum atomic E-state index is -0.397. The van der Waals surface area contributed by atoms with E-state index in [2.05, 4.69) is 64.1 Å². The SMILES string of the molecule is CC1(C)COC2(CCC3=C4C(C5=CCC(C)(c6ccc(C#N)cc6)C=C5)CC5(C)C(O)CCC5C4CCC3C2)OC1. The first-order chi connectivity index (χ1) is 19.5. The van der Waals surface area contributed by atoms with E-state index in [4.69, 9.17) is 9.47 Å². The van der Waals surface area contributed by atoms with Crippen LogP contribution >= 0.6 is 0 Å². The van der Waals surface area contributed by atoms with Gasteiger partial charge in [0.05, 0.1) is 31.0 Å². The fourth-order valence-electron chi connectivity index (χ4n) is 9.64. The van der Waals surface area contributed by atoms with Crippen LogP contribution in [0.5, 0.6) is 0 Å². The van der Waals surface area contributed by atoms with Gasteiger partial charge < -0.3 is 14.6 Å². The van der Waals surface area contributed by atoms with Crippen molar-refractivity contribution in [2.45, 2.75) is 103 Å². The Hall–Kier alpha value is -2.19. The lowest BCUT2D eigenvalue weighted by atomic mass is 9.51. The van der Waals surface area contributed by atoms with E-state index in [0.29, 0.717) is 29.2 Å². The molecule has 4 fully saturated rings. The molecule has 7 atom stereocenters. The highest BCUT2D eigenvalue weighted by atomic mass is 16.7. The van der Waals surface area contributed by atoms with Crippen LogP contribution in [0.25, 0.3) is 0 Å². The molecule has 6 aliphatic rings. The minimum Gasteiger partial charge on any atom is -0.393 e. The quantitative estimate of drug-likeness (QED) is 0.380. The predicted octanol–water partition coefficient (Wildman–Crippen LogP) is 7.78. The maximum absolute atomic E-state index is 11.3. The second-order valence-electron chi connectivity index (χ2n) is 15.5. The number of benzene rings is 1. The Labute approximate surface area is 246 Å². The number of aliphatic hydroxyl groups excluding tert-OH is 1. The Balaban J connectivity index is 1.21. The van der Waals surface area contributed by atoms with E-state index in [0.717, 1.165) is 58.2 Å². The number of aliphatic hydroxyl groups is 1. The van der Waals surface area contributed by atoms with Gasteiger partial charge in [-0.25, -0.2) is 0 Å². The van der Waals surface area contributed by atoms with Crippen LogP contribution in [0.15, 0.2) is 59.2 Å². The number of hydrogen-bond donors (Lipinski definition) is 1. The molecule has 1 aliphatic heterocycles. The molecule has 4 nitrogen and oxygen atoms in total. The maximum atomic E-state index is 11.3. The smallest absolute Gasteiger partial charge is 0.169 e. The zero-order valence-corrected chi connectivity index (χ0v) is 25.4. The molecule has 41 heavy (non-hydrogen) atoms. The number of rotatable bonds is 2. The Bertz CT molecular complexity index is 1330. The summed E-state index contributed by atoms with van der Waals surface area (Å²) in [5.74, 6) is 1.71. The zero-order valence-electron chi connectivity index (χ0n) is 25.4. The highest BCUT2D eigenvalue weighted by Gasteiger charge is 2.58. The number of ether oxygens (including phenoxy) is 2. The molecule has 0 aromatic heterocycles. The van der Waals surface area contributed by atoms with Crippen molar-refractivity contribution in [3.8, 4) is 6.07 Å². The molecule has 1 aromatic carbocycles. The molecule has 0 amide bonds. The summed E-state index contributed by atoms with van der Waals surface area (Å²) < 4.78 is 13.0. The summed E-state index contributed by atoms with van der Waals surface area (Å²) in [4.78, 5) is 0. The van der Waals surface area contributed by atoms with E-state index < -0.39 is 5.79 Å². The number of nitriles is 1. The molecule has 1 spiro atoms. The maximum Gasteiger partial charge on any atom is 0.169 e. The second-order valence-corrected chi connectivity index (χ2v) is 15.5. The van der Waals surface area contributed by atoms with Crippen LogP contribution in [-0.4, -0.2) is 30.2 Å².